The Morgan fingerprint density at radius 1 is 1.32 bits per heavy atom. The number of aromatic nitrogens is 4. The zero-order valence-electron chi connectivity index (χ0n) is 13.9. The van der Waals surface area contributed by atoms with Gasteiger partial charge in [-0.3, -0.25) is 9.58 Å². The molecule has 6 heteroatoms. The van der Waals surface area contributed by atoms with E-state index < -0.39 is 0 Å². The van der Waals surface area contributed by atoms with Gasteiger partial charge < -0.3 is 9.30 Å². The average molecular weight is 303 g/mol. The van der Waals surface area contributed by atoms with E-state index >= 15 is 0 Å². The van der Waals surface area contributed by atoms with Crippen molar-refractivity contribution in [3.05, 3.63) is 35.2 Å². The van der Waals surface area contributed by atoms with Gasteiger partial charge in [-0.15, -0.1) is 0 Å². The van der Waals surface area contributed by atoms with Crippen molar-refractivity contribution in [2.45, 2.75) is 39.4 Å². The Balaban J connectivity index is 1.75. The second kappa shape index (κ2) is 6.22. The van der Waals surface area contributed by atoms with E-state index in [1.54, 1.807) is 7.11 Å². The molecule has 0 bridgehead atoms. The van der Waals surface area contributed by atoms with Gasteiger partial charge >= 0.3 is 0 Å². The molecule has 2 aromatic rings. The fourth-order valence-corrected chi connectivity index (χ4v) is 3.25. The molecule has 0 unspecified atom stereocenters. The van der Waals surface area contributed by atoms with Crippen molar-refractivity contribution in [1.29, 1.82) is 0 Å². The molecule has 0 fully saturated rings. The van der Waals surface area contributed by atoms with E-state index in [4.69, 9.17) is 4.74 Å². The summed E-state index contributed by atoms with van der Waals surface area (Å²) < 4.78 is 9.52. The molecule has 3 heterocycles. The van der Waals surface area contributed by atoms with E-state index in [1.807, 2.05) is 24.9 Å². The zero-order chi connectivity index (χ0) is 15.7. The van der Waals surface area contributed by atoms with Gasteiger partial charge in [-0.1, -0.05) is 0 Å². The van der Waals surface area contributed by atoms with Crippen LogP contribution in [-0.4, -0.2) is 44.5 Å². The molecule has 0 aliphatic carbocycles. The highest BCUT2D eigenvalue weighted by Gasteiger charge is 2.27. The first-order chi connectivity index (χ1) is 10.6. The molecule has 0 aromatic carbocycles. The van der Waals surface area contributed by atoms with E-state index in [1.165, 1.54) is 11.4 Å². The highest BCUT2D eigenvalue weighted by molar-refractivity contribution is 5.13. The van der Waals surface area contributed by atoms with Crippen molar-refractivity contribution < 1.29 is 4.74 Å². The topological polar surface area (TPSA) is 48.1 Å². The van der Waals surface area contributed by atoms with Crippen LogP contribution < -0.4 is 0 Å². The summed E-state index contributed by atoms with van der Waals surface area (Å²) in [4.78, 5) is 7.12. The Morgan fingerprint density at radius 2 is 2.14 bits per heavy atom. The molecule has 0 N–H and O–H groups in total. The van der Waals surface area contributed by atoms with Gasteiger partial charge in [-0.25, -0.2) is 4.98 Å². The Hall–Kier alpha value is -1.66. The van der Waals surface area contributed by atoms with Crippen molar-refractivity contribution in [3.63, 3.8) is 0 Å². The fourth-order valence-electron chi connectivity index (χ4n) is 3.25. The van der Waals surface area contributed by atoms with Gasteiger partial charge in [0, 0.05) is 52.1 Å². The van der Waals surface area contributed by atoms with Gasteiger partial charge in [0.2, 0.25) is 0 Å². The first-order valence-corrected chi connectivity index (χ1v) is 7.87. The minimum atomic E-state index is 0.320. The predicted molar refractivity (Wildman–Crippen MR) is 84.6 cm³/mol. The second-order valence-electron chi connectivity index (χ2n) is 6.05. The third-order valence-corrected chi connectivity index (χ3v) is 4.53. The molecule has 22 heavy (non-hydrogen) atoms. The van der Waals surface area contributed by atoms with Crippen LogP contribution in [0.1, 0.15) is 35.9 Å². The minimum Gasteiger partial charge on any atom is -0.384 e. The number of fused-ring (bicyclic) bond motifs is 1. The number of hydrogen-bond acceptors (Lipinski definition) is 4. The molecule has 1 aliphatic rings. The van der Waals surface area contributed by atoms with Crippen LogP contribution in [0.2, 0.25) is 0 Å². The van der Waals surface area contributed by atoms with Crippen molar-refractivity contribution >= 4 is 0 Å². The van der Waals surface area contributed by atoms with E-state index in [9.17, 15) is 0 Å². The first kappa shape index (κ1) is 15.2. The Kier molecular flexibility index (Phi) is 4.31. The van der Waals surface area contributed by atoms with Crippen LogP contribution in [0, 0.1) is 6.92 Å². The van der Waals surface area contributed by atoms with Gasteiger partial charge in [0.05, 0.1) is 24.0 Å². The largest absolute Gasteiger partial charge is 0.384 e. The molecule has 6 nitrogen and oxygen atoms in total. The molecule has 1 atom stereocenters. The summed E-state index contributed by atoms with van der Waals surface area (Å²) in [5.41, 5.74) is 3.61. The van der Waals surface area contributed by atoms with Crippen molar-refractivity contribution in [2.75, 3.05) is 20.3 Å². The standard InChI is InChI=1S/C16H25N5O/c1-12-9-15(19(3)18-12)11-20-6-7-21-14(5-8-22-4)10-17-16(21)13(20)2/h9-10,13H,5-8,11H2,1-4H3/t13-/m1/s1. The molecular weight excluding hydrogens is 278 g/mol. The number of aryl methyl sites for hydroxylation is 2. The molecule has 0 spiro atoms. The van der Waals surface area contributed by atoms with Gasteiger partial charge in [0.25, 0.3) is 0 Å². The Morgan fingerprint density at radius 3 is 2.82 bits per heavy atom. The maximum Gasteiger partial charge on any atom is 0.126 e. The predicted octanol–water partition coefficient (Wildman–Crippen LogP) is 1.69. The first-order valence-electron chi connectivity index (χ1n) is 7.87. The van der Waals surface area contributed by atoms with Gasteiger partial charge in [-0.2, -0.15) is 5.10 Å². The third-order valence-electron chi connectivity index (χ3n) is 4.53. The highest BCUT2D eigenvalue weighted by Crippen LogP contribution is 2.27. The van der Waals surface area contributed by atoms with Crippen LogP contribution in [0.4, 0.5) is 0 Å². The SMILES string of the molecule is COCCc1cnc2n1CCN(Cc1cc(C)nn1C)[C@@H]2C. The number of hydrogen-bond donors (Lipinski definition) is 0. The number of ether oxygens (including phenoxy) is 1. The Labute approximate surface area is 131 Å². The summed E-state index contributed by atoms with van der Waals surface area (Å²) in [6.07, 6.45) is 2.93. The summed E-state index contributed by atoms with van der Waals surface area (Å²) in [6.45, 7) is 7.97. The molecule has 0 radical (unpaired) electrons. The minimum absolute atomic E-state index is 0.320. The molecular formula is C16H25N5O. The molecule has 120 valence electrons. The summed E-state index contributed by atoms with van der Waals surface area (Å²) in [7, 11) is 3.76. The van der Waals surface area contributed by atoms with Crippen molar-refractivity contribution in [2.24, 2.45) is 7.05 Å². The summed E-state index contributed by atoms with van der Waals surface area (Å²) in [6, 6.07) is 2.48. The van der Waals surface area contributed by atoms with Gasteiger partial charge in [0.1, 0.15) is 5.82 Å². The van der Waals surface area contributed by atoms with Crippen LogP contribution in [0.15, 0.2) is 12.3 Å². The lowest BCUT2D eigenvalue weighted by Gasteiger charge is -2.34. The average Bonchev–Trinajstić information content (AvgIpc) is 3.03. The van der Waals surface area contributed by atoms with Crippen LogP contribution in [0.25, 0.3) is 0 Å². The lowest BCUT2D eigenvalue weighted by atomic mass is 10.2. The summed E-state index contributed by atoms with van der Waals surface area (Å²) in [5.74, 6) is 1.16. The number of rotatable bonds is 5. The molecule has 1 aliphatic heterocycles. The van der Waals surface area contributed by atoms with Crippen LogP contribution in [0.3, 0.4) is 0 Å². The lowest BCUT2D eigenvalue weighted by Crippen LogP contribution is -2.37. The summed E-state index contributed by atoms with van der Waals surface area (Å²) in [5, 5.41) is 4.44. The van der Waals surface area contributed by atoms with E-state index in [0.29, 0.717) is 6.04 Å². The molecule has 3 rings (SSSR count). The molecule has 0 saturated heterocycles. The van der Waals surface area contributed by atoms with Crippen molar-refractivity contribution in [3.8, 4) is 0 Å². The maximum absolute atomic E-state index is 5.19. The normalized spacial score (nSPS) is 18.6. The monoisotopic (exact) mass is 303 g/mol. The molecule has 2 aromatic heterocycles. The quantitative estimate of drug-likeness (QED) is 0.843. The van der Waals surface area contributed by atoms with Gasteiger partial charge in [-0.05, 0) is 19.9 Å². The van der Waals surface area contributed by atoms with E-state index in [2.05, 4.69) is 32.5 Å². The maximum atomic E-state index is 5.19. The third kappa shape index (κ3) is 2.80. The zero-order valence-corrected chi connectivity index (χ0v) is 13.9. The Bertz CT molecular complexity index is 645. The van der Waals surface area contributed by atoms with E-state index in [0.717, 1.165) is 44.2 Å². The van der Waals surface area contributed by atoms with Crippen LogP contribution in [0.5, 0.6) is 0 Å². The lowest BCUT2D eigenvalue weighted by molar-refractivity contribution is 0.149. The second-order valence-corrected chi connectivity index (χ2v) is 6.05. The van der Waals surface area contributed by atoms with Crippen LogP contribution in [-0.2, 0) is 31.3 Å². The number of imidazole rings is 1. The van der Waals surface area contributed by atoms with Crippen LogP contribution >= 0.6 is 0 Å². The van der Waals surface area contributed by atoms with E-state index in [-0.39, 0.29) is 0 Å². The molecule has 0 amide bonds. The fraction of sp³-hybridized carbons (Fsp3) is 0.625. The van der Waals surface area contributed by atoms with Crippen molar-refractivity contribution in [1.82, 2.24) is 24.2 Å². The summed E-state index contributed by atoms with van der Waals surface area (Å²) >= 11 is 0. The number of methoxy groups -OCH3 is 1. The van der Waals surface area contributed by atoms with Gasteiger partial charge in [0.15, 0.2) is 0 Å². The molecule has 0 saturated carbocycles. The highest BCUT2D eigenvalue weighted by atomic mass is 16.5. The smallest absolute Gasteiger partial charge is 0.126 e. The number of nitrogens with zero attached hydrogens (tertiary/aromatic N) is 5.